The molecular formula is C16H16O4S. The van der Waals surface area contributed by atoms with E-state index in [1.165, 1.54) is 6.08 Å². The van der Waals surface area contributed by atoms with Gasteiger partial charge in [0.2, 0.25) is 0 Å². The minimum atomic E-state index is -0.611. The number of fused-ring (bicyclic) bond motifs is 1. The number of thiophene rings is 1. The maximum atomic E-state index is 11.8. The van der Waals surface area contributed by atoms with E-state index >= 15 is 0 Å². The fourth-order valence-electron chi connectivity index (χ4n) is 2.92. The van der Waals surface area contributed by atoms with Crippen LogP contribution in [-0.2, 0) is 24.7 Å². The van der Waals surface area contributed by atoms with Gasteiger partial charge in [-0.25, -0.2) is 4.79 Å². The zero-order valence-electron chi connectivity index (χ0n) is 11.7. The summed E-state index contributed by atoms with van der Waals surface area (Å²) in [6.07, 6.45) is 5.26. The second-order valence-corrected chi connectivity index (χ2v) is 6.03. The molecule has 0 radical (unpaired) electrons. The minimum absolute atomic E-state index is 0.0624. The number of ketones is 1. The average Bonchev–Trinajstić information content (AvgIpc) is 3.09. The van der Waals surface area contributed by atoms with Crippen molar-refractivity contribution in [2.45, 2.75) is 18.9 Å². The molecule has 0 amide bonds. The Morgan fingerprint density at radius 1 is 1.62 bits per heavy atom. The fourth-order valence-corrected chi connectivity index (χ4v) is 3.83. The first-order valence-electron chi connectivity index (χ1n) is 6.93. The van der Waals surface area contributed by atoms with Gasteiger partial charge in [-0.2, -0.15) is 0 Å². The van der Waals surface area contributed by atoms with Gasteiger partial charge in [-0.05, 0) is 36.1 Å². The quantitative estimate of drug-likeness (QED) is 0.636. The van der Waals surface area contributed by atoms with Crippen LogP contribution in [0.3, 0.4) is 0 Å². The Morgan fingerprint density at radius 3 is 3.19 bits per heavy atom. The highest BCUT2D eigenvalue weighted by Crippen LogP contribution is 2.50. The summed E-state index contributed by atoms with van der Waals surface area (Å²) in [5.41, 5.74) is 0.222. The number of esters is 1. The second kappa shape index (κ2) is 5.58. The molecule has 0 spiro atoms. The van der Waals surface area contributed by atoms with Crippen LogP contribution < -0.4 is 0 Å². The van der Waals surface area contributed by atoms with Crippen molar-refractivity contribution in [3.8, 4) is 0 Å². The van der Waals surface area contributed by atoms with Gasteiger partial charge < -0.3 is 9.47 Å². The lowest BCUT2D eigenvalue weighted by atomic mass is 9.76. The van der Waals surface area contributed by atoms with Crippen molar-refractivity contribution >= 4 is 23.1 Å². The summed E-state index contributed by atoms with van der Waals surface area (Å²) in [6, 6.07) is 3.97. The lowest BCUT2D eigenvalue weighted by Crippen LogP contribution is -2.34. The van der Waals surface area contributed by atoms with Crippen molar-refractivity contribution in [2.24, 2.45) is 5.92 Å². The third kappa shape index (κ3) is 2.47. The summed E-state index contributed by atoms with van der Waals surface area (Å²) in [5.74, 6) is -0.439. The maximum absolute atomic E-state index is 11.8. The summed E-state index contributed by atoms with van der Waals surface area (Å²) in [4.78, 5) is 24.5. The first-order valence-corrected chi connectivity index (χ1v) is 7.81. The lowest BCUT2D eigenvalue weighted by molar-refractivity contribution is -0.137. The molecule has 1 aliphatic heterocycles. The highest BCUT2D eigenvalue weighted by molar-refractivity contribution is 7.10. The largest absolute Gasteiger partial charge is 0.463 e. The van der Waals surface area contributed by atoms with Gasteiger partial charge >= 0.3 is 5.97 Å². The van der Waals surface area contributed by atoms with E-state index in [4.69, 9.17) is 9.47 Å². The molecule has 2 heterocycles. The minimum Gasteiger partial charge on any atom is -0.463 e. The molecule has 4 nitrogen and oxygen atoms in total. The molecule has 0 aromatic carbocycles. The Morgan fingerprint density at radius 2 is 2.48 bits per heavy atom. The predicted octanol–water partition coefficient (Wildman–Crippen LogP) is 2.61. The average molecular weight is 304 g/mol. The molecule has 0 saturated carbocycles. The summed E-state index contributed by atoms with van der Waals surface area (Å²) in [7, 11) is 0. The van der Waals surface area contributed by atoms with Crippen molar-refractivity contribution < 1.29 is 19.1 Å². The van der Waals surface area contributed by atoms with Crippen molar-refractivity contribution in [3.05, 3.63) is 46.2 Å². The number of rotatable bonds is 3. The van der Waals surface area contributed by atoms with E-state index < -0.39 is 5.60 Å². The molecule has 2 atom stereocenters. The zero-order chi connectivity index (χ0) is 14.9. The van der Waals surface area contributed by atoms with Gasteiger partial charge in [0.1, 0.15) is 5.60 Å². The molecule has 21 heavy (non-hydrogen) atoms. The van der Waals surface area contributed by atoms with Crippen LogP contribution in [0.4, 0.5) is 0 Å². The highest BCUT2D eigenvalue weighted by Gasteiger charge is 2.50. The molecular weight excluding hydrogens is 288 g/mol. The Hall–Kier alpha value is -1.72. The van der Waals surface area contributed by atoms with Crippen LogP contribution in [0.15, 0.2) is 41.3 Å². The van der Waals surface area contributed by atoms with E-state index in [0.29, 0.717) is 19.6 Å². The molecule has 5 heteroatoms. The third-order valence-corrected chi connectivity index (χ3v) is 4.86. The smallest absolute Gasteiger partial charge is 0.330 e. The van der Waals surface area contributed by atoms with Crippen LogP contribution in [0, 0.1) is 5.92 Å². The standard InChI is InChI=1S/C16H16O4S/c1-2-19-15(18)8-11-10-20-16(14-4-3-7-21-14)6-5-12(17)9-13(11)16/h3-8,13H,2,9-10H2,1H3/b11-8+/t13-,16-/m1/s1. The number of hydrogen-bond donors (Lipinski definition) is 0. The van der Waals surface area contributed by atoms with E-state index in [2.05, 4.69) is 0 Å². The van der Waals surface area contributed by atoms with Crippen LogP contribution >= 0.6 is 11.3 Å². The monoisotopic (exact) mass is 304 g/mol. The van der Waals surface area contributed by atoms with Crippen molar-refractivity contribution in [2.75, 3.05) is 13.2 Å². The van der Waals surface area contributed by atoms with Crippen molar-refractivity contribution in [1.82, 2.24) is 0 Å². The van der Waals surface area contributed by atoms with E-state index in [0.717, 1.165) is 10.5 Å². The molecule has 1 saturated heterocycles. The summed E-state index contributed by atoms with van der Waals surface area (Å²) in [6.45, 7) is 2.45. The van der Waals surface area contributed by atoms with E-state index in [-0.39, 0.29) is 17.7 Å². The summed E-state index contributed by atoms with van der Waals surface area (Å²) >= 11 is 1.60. The summed E-state index contributed by atoms with van der Waals surface area (Å²) in [5, 5.41) is 1.99. The Kier molecular flexibility index (Phi) is 3.78. The molecule has 1 aromatic rings. The van der Waals surface area contributed by atoms with Crippen LogP contribution in [0.5, 0.6) is 0 Å². The second-order valence-electron chi connectivity index (χ2n) is 5.09. The third-order valence-electron chi connectivity index (χ3n) is 3.86. The Labute approximate surface area is 127 Å². The van der Waals surface area contributed by atoms with Gasteiger partial charge in [-0.15, -0.1) is 11.3 Å². The van der Waals surface area contributed by atoms with E-state index in [9.17, 15) is 9.59 Å². The molecule has 1 fully saturated rings. The van der Waals surface area contributed by atoms with E-state index in [1.54, 1.807) is 24.3 Å². The molecule has 1 aromatic heterocycles. The van der Waals surface area contributed by atoms with Gasteiger partial charge in [0, 0.05) is 23.3 Å². The first-order chi connectivity index (χ1) is 10.2. The maximum Gasteiger partial charge on any atom is 0.330 e. The van der Waals surface area contributed by atoms with Crippen LogP contribution in [0.1, 0.15) is 18.2 Å². The molecule has 2 aliphatic rings. The summed E-state index contributed by atoms with van der Waals surface area (Å²) < 4.78 is 11.0. The zero-order valence-corrected chi connectivity index (χ0v) is 12.5. The molecule has 0 N–H and O–H groups in total. The number of carbonyl (C=O) groups is 2. The number of allylic oxidation sites excluding steroid dienone is 1. The SMILES string of the molecule is CCOC(=O)/C=C1\CO[C@]2(c3cccs3)C=CC(=O)C[C@H]12. The number of carbonyl (C=O) groups excluding carboxylic acids is 2. The molecule has 3 rings (SSSR count). The predicted molar refractivity (Wildman–Crippen MR) is 78.9 cm³/mol. The van der Waals surface area contributed by atoms with Crippen molar-refractivity contribution in [3.63, 3.8) is 0 Å². The first kappa shape index (κ1) is 14.2. The molecule has 1 aliphatic carbocycles. The van der Waals surface area contributed by atoms with Crippen LogP contribution in [0.25, 0.3) is 0 Å². The Bertz CT molecular complexity index is 614. The van der Waals surface area contributed by atoms with Gasteiger partial charge in [-0.3, -0.25) is 4.79 Å². The molecule has 0 unspecified atom stereocenters. The van der Waals surface area contributed by atoms with Gasteiger partial charge in [0.15, 0.2) is 5.78 Å². The number of ether oxygens (including phenoxy) is 2. The van der Waals surface area contributed by atoms with Crippen molar-refractivity contribution in [1.29, 1.82) is 0 Å². The van der Waals surface area contributed by atoms with Gasteiger partial charge in [-0.1, -0.05) is 6.07 Å². The van der Waals surface area contributed by atoms with E-state index in [1.807, 2.05) is 23.6 Å². The van der Waals surface area contributed by atoms with Gasteiger partial charge in [0.25, 0.3) is 0 Å². The van der Waals surface area contributed by atoms with Crippen LogP contribution in [-0.4, -0.2) is 25.0 Å². The fraction of sp³-hybridized carbons (Fsp3) is 0.375. The van der Waals surface area contributed by atoms with Crippen LogP contribution in [0.2, 0.25) is 0 Å². The highest BCUT2D eigenvalue weighted by atomic mass is 32.1. The molecule has 0 bridgehead atoms. The lowest BCUT2D eigenvalue weighted by Gasteiger charge is -2.32. The number of hydrogen-bond acceptors (Lipinski definition) is 5. The topological polar surface area (TPSA) is 52.6 Å². The Balaban J connectivity index is 1.98. The molecule has 110 valence electrons. The van der Waals surface area contributed by atoms with Gasteiger partial charge in [0.05, 0.1) is 13.2 Å². The normalized spacial score (nSPS) is 29.7.